The van der Waals surface area contributed by atoms with Crippen LogP contribution in [-0.4, -0.2) is 44.8 Å². The Bertz CT molecular complexity index is 1040. The number of likely N-dealkylation sites (tertiary alicyclic amines) is 1. The van der Waals surface area contributed by atoms with Crippen LogP contribution in [0.5, 0.6) is 11.5 Å². The van der Waals surface area contributed by atoms with Crippen molar-refractivity contribution in [3.05, 3.63) is 63.8 Å². The molecule has 0 unspecified atom stereocenters. The molecule has 0 bridgehead atoms. The molecular formula is C24H26Cl2N2O4. The Hall–Kier alpha value is -2.41. The molecule has 1 amide bonds. The molecule has 1 aliphatic heterocycles. The number of halogens is 2. The molecule has 1 N–H and O–H groups in total. The molecule has 1 heterocycles. The molecule has 2 atom stereocenters. The van der Waals surface area contributed by atoms with Crippen molar-refractivity contribution in [3.63, 3.8) is 0 Å². The summed E-state index contributed by atoms with van der Waals surface area (Å²) in [7, 11) is 5.40. The number of hydrogen-bond donors (Lipinski definition) is 1. The van der Waals surface area contributed by atoms with Crippen LogP contribution in [0.1, 0.15) is 24.8 Å². The van der Waals surface area contributed by atoms with Gasteiger partial charge >= 0.3 is 6.09 Å². The molecular weight excluding hydrogens is 451 g/mol. The molecule has 2 aliphatic rings. The Kier molecular flexibility index (Phi) is 6.56. The van der Waals surface area contributed by atoms with Gasteiger partial charge in [0.15, 0.2) is 11.5 Å². The second-order valence-corrected chi connectivity index (χ2v) is 9.10. The predicted molar refractivity (Wildman–Crippen MR) is 126 cm³/mol. The Morgan fingerprint density at radius 3 is 2.50 bits per heavy atom. The average molecular weight is 477 g/mol. The zero-order valence-electron chi connectivity index (χ0n) is 18.3. The maximum Gasteiger partial charge on any atom is 0.416 e. The minimum absolute atomic E-state index is 0.0713. The molecule has 2 aromatic rings. The van der Waals surface area contributed by atoms with Crippen LogP contribution in [0.4, 0.5) is 10.5 Å². The van der Waals surface area contributed by atoms with Gasteiger partial charge in [0, 0.05) is 33.6 Å². The Labute approximate surface area is 198 Å². The molecule has 2 aromatic carbocycles. The molecule has 0 radical (unpaired) electrons. The van der Waals surface area contributed by atoms with Crippen LogP contribution < -0.4 is 14.8 Å². The van der Waals surface area contributed by atoms with Crippen LogP contribution in [-0.2, 0) is 10.2 Å². The minimum atomic E-state index is -0.561. The lowest BCUT2D eigenvalue weighted by atomic mass is 9.68. The van der Waals surface area contributed by atoms with E-state index in [0.29, 0.717) is 33.7 Å². The molecule has 0 aromatic heterocycles. The largest absolute Gasteiger partial charge is 0.493 e. The highest BCUT2D eigenvalue weighted by molar-refractivity contribution is 6.35. The lowest BCUT2D eigenvalue weighted by molar-refractivity contribution is 0.161. The number of hydrogen-bond acceptors (Lipinski definition) is 5. The van der Waals surface area contributed by atoms with Crippen molar-refractivity contribution < 1.29 is 19.0 Å². The summed E-state index contributed by atoms with van der Waals surface area (Å²) >= 11 is 12.0. The molecule has 170 valence electrons. The number of anilines is 1. The lowest BCUT2D eigenvalue weighted by Crippen LogP contribution is -2.43. The molecule has 0 spiro atoms. The summed E-state index contributed by atoms with van der Waals surface area (Å²) < 4.78 is 16.6. The molecule has 0 saturated carbocycles. The van der Waals surface area contributed by atoms with Gasteiger partial charge < -0.3 is 19.1 Å². The Morgan fingerprint density at radius 2 is 1.81 bits per heavy atom. The van der Waals surface area contributed by atoms with Crippen molar-refractivity contribution in [3.8, 4) is 11.5 Å². The number of benzene rings is 2. The normalized spacial score (nSPS) is 22.7. The Balaban J connectivity index is 1.53. The van der Waals surface area contributed by atoms with Gasteiger partial charge in [-0.3, -0.25) is 5.32 Å². The summed E-state index contributed by atoms with van der Waals surface area (Å²) in [5, 5.41) is 3.58. The highest BCUT2D eigenvalue weighted by Gasteiger charge is 2.49. The zero-order valence-corrected chi connectivity index (χ0v) is 19.8. The fourth-order valence-corrected chi connectivity index (χ4v) is 5.38. The molecule has 1 saturated heterocycles. The number of allylic oxidation sites excluding steroid dienone is 1. The van der Waals surface area contributed by atoms with Gasteiger partial charge in [0.05, 0.1) is 14.2 Å². The van der Waals surface area contributed by atoms with Crippen LogP contribution in [0, 0.1) is 0 Å². The van der Waals surface area contributed by atoms with E-state index in [4.69, 9.17) is 37.4 Å². The van der Waals surface area contributed by atoms with Crippen molar-refractivity contribution >= 4 is 35.0 Å². The van der Waals surface area contributed by atoms with Crippen molar-refractivity contribution in [2.24, 2.45) is 0 Å². The van der Waals surface area contributed by atoms with E-state index in [1.165, 1.54) is 5.56 Å². The van der Waals surface area contributed by atoms with Gasteiger partial charge in [0.2, 0.25) is 0 Å². The number of amides is 1. The third-order valence-electron chi connectivity index (χ3n) is 6.46. The van der Waals surface area contributed by atoms with E-state index in [-0.39, 0.29) is 11.5 Å². The third-order valence-corrected chi connectivity index (χ3v) is 6.90. The minimum Gasteiger partial charge on any atom is -0.493 e. The summed E-state index contributed by atoms with van der Waals surface area (Å²) in [6.45, 7) is 0.966. The van der Waals surface area contributed by atoms with Gasteiger partial charge in [0.25, 0.3) is 0 Å². The number of methoxy groups -OCH3 is 2. The van der Waals surface area contributed by atoms with E-state index in [2.05, 4.69) is 29.4 Å². The monoisotopic (exact) mass is 476 g/mol. The second-order valence-electron chi connectivity index (χ2n) is 8.22. The number of carbonyl (C=O) groups is 1. The smallest absolute Gasteiger partial charge is 0.416 e. The molecule has 4 rings (SSSR count). The van der Waals surface area contributed by atoms with Gasteiger partial charge in [-0.2, -0.15) is 0 Å². The van der Waals surface area contributed by atoms with Gasteiger partial charge in [-0.1, -0.05) is 29.3 Å². The lowest BCUT2D eigenvalue weighted by Gasteiger charge is -2.40. The topological polar surface area (TPSA) is 60.0 Å². The summed E-state index contributed by atoms with van der Waals surface area (Å²) in [6, 6.07) is 11.2. The molecule has 1 fully saturated rings. The first-order valence-corrected chi connectivity index (χ1v) is 11.2. The van der Waals surface area contributed by atoms with Crippen molar-refractivity contribution in [2.45, 2.75) is 30.7 Å². The van der Waals surface area contributed by atoms with E-state index >= 15 is 0 Å². The molecule has 1 aliphatic carbocycles. The van der Waals surface area contributed by atoms with Crippen LogP contribution in [0.25, 0.3) is 0 Å². The number of nitrogens with zero attached hydrogens (tertiary/aromatic N) is 1. The van der Waals surface area contributed by atoms with Crippen molar-refractivity contribution in [1.29, 1.82) is 0 Å². The molecule has 32 heavy (non-hydrogen) atoms. The van der Waals surface area contributed by atoms with E-state index in [1.54, 1.807) is 32.4 Å². The SMILES string of the molecule is COc1ccc([C@@]23CC=C(OC(=O)Nc4cc(Cl)cc(Cl)c4)C[C@@H]2N(C)CC3)cc1OC. The number of ether oxygens (including phenoxy) is 3. The average Bonchev–Trinajstić information content (AvgIpc) is 3.09. The van der Waals surface area contributed by atoms with Crippen LogP contribution >= 0.6 is 23.2 Å². The van der Waals surface area contributed by atoms with Gasteiger partial charge in [0.1, 0.15) is 5.76 Å². The van der Waals surface area contributed by atoms with E-state index in [0.717, 1.165) is 25.1 Å². The fraction of sp³-hybridized carbons (Fsp3) is 0.375. The first kappa shape index (κ1) is 22.8. The fourth-order valence-electron chi connectivity index (χ4n) is 4.85. The van der Waals surface area contributed by atoms with Crippen LogP contribution in [0.2, 0.25) is 10.0 Å². The van der Waals surface area contributed by atoms with Crippen LogP contribution in [0.15, 0.2) is 48.2 Å². The summed E-state index contributed by atoms with van der Waals surface area (Å²) in [5.41, 5.74) is 1.62. The van der Waals surface area contributed by atoms with Crippen molar-refractivity contribution in [2.75, 3.05) is 33.1 Å². The van der Waals surface area contributed by atoms with E-state index in [1.807, 2.05) is 12.1 Å². The van der Waals surface area contributed by atoms with Gasteiger partial charge in [-0.05, 0) is 68.4 Å². The molecule has 8 heteroatoms. The van der Waals surface area contributed by atoms with Crippen molar-refractivity contribution in [1.82, 2.24) is 4.90 Å². The summed E-state index contributed by atoms with van der Waals surface area (Å²) in [6.07, 6.45) is 3.88. The zero-order chi connectivity index (χ0) is 22.9. The maximum atomic E-state index is 12.5. The number of carbonyl (C=O) groups excluding carboxylic acids is 1. The quantitative estimate of drug-likeness (QED) is 0.583. The second kappa shape index (κ2) is 9.22. The number of fused-ring (bicyclic) bond motifs is 1. The highest BCUT2D eigenvalue weighted by Crippen LogP contribution is 2.49. The van der Waals surface area contributed by atoms with Gasteiger partial charge in [-0.15, -0.1) is 0 Å². The Morgan fingerprint density at radius 1 is 1.09 bits per heavy atom. The first-order chi connectivity index (χ1) is 15.3. The first-order valence-electron chi connectivity index (χ1n) is 10.4. The number of rotatable bonds is 5. The third kappa shape index (κ3) is 4.40. The van der Waals surface area contributed by atoms with Crippen LogP contribution in [0.3, 0.4) is 0 Å². The van der Waals surface area contributed by atoms with E-state index in [9.17, 15) is 4.79 Å². The summed E-state index contributed by atoms with van der Waals surface area (Å²) in [4.78, 5) is 14.8. The summed E-state index contributed by atoms with van der Waals surface area (Å²) in [5.74, 6) is 2.09. The molecule has 6 nitrogen and oxygen atoms in total. The highest BCUT2D eigenvalue weighted by atomic mass is 35.5. The predicted octanol–water partition coefficient (Wildman–Crippen LogP) is 5.88. The standard InChI is InChI=1S/C24H26Cl2N2O4/c1-28-9-8-24(15-4-5-20(30-2)21(10-15)31-3)7-6-19(14-22(24)28)32-23(29)27-18-12-16(25)11-17(26)13-18/h4-6,10-13,22H,7-9,14H2,1-3H3,(H,27,29)/t22-,24-/m0/s1. The van der Waals surface area contributed by atoms with Gasteiger partial charge in [-0.25, -0.2) is 4.79 Å². The number of likely N-dealkylation sites (N-methyl/N-ethyl adjacent to an activating group) is 1. The number of nitrogens with one attached hydrogen (secondary N) is 1. The maximum absolute atomic E-state index is 12.5. The van der Waals surface area contributed by atoms with E-state index < -0.39 is 6.09 Å².